The molecule has 2 unspecified atom stereocenters. The Bertz CT molecular complexity index is 275. The van der Waals surface area contributed by atoms with Crippen LogP contribution >= 0.6 is 0 Å². The van der Waals surface area contributed by atoms with E-state index in [2.05, 4.69) is 9.80 Å². The zero-order valence-corrected chi connectivity index (χ0v) is 13.2. The molecule has 0 amide bonds. The van der Waals surface area contributed by atoms with E-state index in [0.717, 1.165) is 31.8 Å². The summed E-state index contributed by atoms with van der Waals surface area (Å²) in [5.74, 6) is 0. The second-order valence-electron chi connectivity index (χ2n) is 6.73. The maximum Gasteiger partial charge on any atom is 0.0767 e. The molecule has 4 heteroatoms. The van der Waals surface area contributed by atoms with Crippen molar-refractivity contribution in [1.29, 1.82) is 0 Å². The molecule has 0 spiro atoms. The van der Waals surface area contributed by atoms with E-state index < -0.39 is 5.60 Å². The first kappa shape index (κ1) is 16.2. The van der Waals surface area contributed by atoms with Gasteiger partial charge in [-0.05, 0) is 64.7 Å². The van der Waals surface area contributed by atoms with Gasteiger partial charge in [-0.3, -0.25) is 4.90 Å². The largest absolute Gasteiger partial charge is 0.389 e. The maximum absolute atomic E-state index is 10.2. The molecular weight excluding hydrogens is 250 g/mol. The molecule has 2 rings (SSSR count). The standard InChI is InChI=1S/C16H33N3O/c1-2-16(20,14-17)8-6-9-18-12-7-15(13-18)19-10-4-3-5-11-19/h15,20H,2-14,17H2,1H3. The van der Waals surface area contributed by atoms with Gasteiger partial charge >= 0.3 is 0 Å². The molecule has 2 atom stereocenters. The molecule has 0 aromatic heterocycles. The first-order valence-electron chi connectivity index (χ1n) is 8.56. The number of rotatable bonds is 7. The fourth-order valence-corrected chi connectivity index (χ4v) is 3.65. The van der Waals surface area contributed by atoms with Gasteiger partial charge in [0.1, 0.15) is 0 Å². The van der Waals surface area contributed by atoms with Crippen molar-refractivity contribution in [3.63, 3.8) is 0 Å². The predicted octanol–water partition coefficient (Wildman–Crippen LogP) is 1.43. The molecule has 0 bridgehead atoms. The van der Waals surface area contributed by atoms with Crippen molar-refractivity contribution in [3.05, 3.63) is 0 Å². The second kappa shape index (κ2) is 7.74. The van der Waals surface area contributed by atoms with Crippen LogP contribution in [0.1, 0.15) is 51.9 Å². The Morgan fingerprint density at radius 3 is 2.60 bits per heavy atom. The summed E-state index contributed by atoms with van der Waals surface area (Å²) in [5, 5.41) is 10.2. The molecule has 0 aromatic carbocycles. The Labute approximate surface area is 124 Å². The third-order valence-electron chi connectivity index (χ3n) is 5.31. The molecule has 118 valence electrons. The summed E-state index contributed by atoms with van der Waals surface area (Å²) in [6, 6.07) is 0.787. The Kier molecular flexibility index (Phi) is 6.27. The summed E-state index contributed by atoms with van der Waals surface area (Å²) >= 11 is 0. The molecule has 0 radical (unpaired) electrons. The van der Waals surface area contributed by atoms with Crippen LogP contribution < -0.4 is 5.73 Å². The highest BCUT2D eigenvalue weighted by atomic mass is 16.3. The first-order valence-corrected chi connectivity index (χ1v) is 8.56. The highest BCUT2D eigenvalue weighted by Crippen LogP contribution is 2.21. The van der Waals surface area contributed by atoms with Crippen molar-refractivity contribution in [2.24, 2.45) is 5.73 Å². The molecule has 2 heterocycles. The molecule has 2 aliphatic rings. The molecule has 2 aliphatic heterocycles. The van der Waals surface area contributed by atoms with Gasteiger partial charge in [0.2, 0.25) is 0 Å². The minimum atomic E-state index is -0.633. The second-order valence-corrected chi connectivity index (χ2v) is 6.73. The number of aliphatic hydroxyl groups is 1. The summed E-state index contributed by atoms with van der Waals surface area (Å²) < 4.78 is 0. The normalized spacial score (nSPS) is 28.6. The van der Waals surface area contributed by atoms with E-state index in [4.69, 9.17) is 5.73 Å². The molecule has 2 saturated heterocycles. The molecule has 0 aromatic rings. The van der Waals surface area contributed by atoms with Gasteiger partial charge in [0.25, 0.3) is 0 Å². The van der Waals surface area contributed by atoms with E-state index in [1.165, 1.54) is 51.9 Å². The number of nitrogens with two attached hydrogens (primary N) is 1. The lowest BCUT2D eigenvalue weighted by Crippen LogP contribution is -2.41. The van der Waals surface area contributed by atoms with Crippen LogP contribution in [0.3, 0.4) is 0 Å². The van der Waals surface area contributed by atoms with Gasteiger partial charge in [0, 0.05) is 19.1 Å². The summed E-state index contributed by atoms with van der Waals surface area (Å²) in [5.41, 5.74) is 5.03. The van der Waals surface area contributed by atoms with Crippen LogP contribution in [0.15, 0.2) is 0 Å². The van der Waals surface area contributed by atoms with Gasteiger partial charge in [-0.2, -0.15) is 0 Å². The number of hydrogen-bond acceptors (Lipinski definition) is 4. The van der Waals surface area contributed by atoms with Crippen molar-refractivity contribution in [1.82, 2.24) is 9.80 Å². The van der Waals surface area contributed by atoms with E-state index in [9.17, 15) is 5.11 Å². The van der Waals surface area contributed by atoms with Gasteiger partial charge in [0.05, 0.1) is 5.60 Å². The summed E-state index contributed by atoms with van der Waals surface area (Å²) in [4.78, 5) is 5.28. The summed E-state index contributed by atoms with van der Waals surface area (Å²) in [6.07, 6.45) is 8.18. The average Bonchev–Trinajstić information content (AvgIpc) is 2.97. The predicted molar refractivity (Wildman–Crippen MR) is 83.8 cm³/mol. The van der Waals surface area contributed by atoms with Gasteiger partial charge < -0.3 is 15.7 Å². The molecule has 0 saturated carbocycles. The van der Waals surface area contributed by atoms with Crippen LogP contribution in [0, 0.1) is 0 Å². The van der Waals surface area contributed by atoms with Gasteiger partial charge in [-0.15, -0.1) is 0 Å². The molecule has 3 N–H and O–H groups in total. The van der Waals surface area contributed by atoms with Crippen molar-refractivity contribution in [3.8, 4) is 0 Å². The van der Waals surface area contributed by atoms with Gasteiger partial charge in [0.15, 0.2) is 0 Å². The maximum atomic E-state index is 10.2. The number of likely N-dealkylation sites (tertiary alicyclic amines) is 2. The average molecular weight is 283 g/mol. The van der Waals surface area contributed by atoms with Crippen LogP contribution in [-0.2, 0) is 0 Å². The molecule has 20 heavy (non-hydrogen) atoms. The van der Waals surface area contributed by atoms with E-state index in [1.54, 1.807) is 0 Å². The topological polar surface area (TPSA) is 52.7 Å². The van der Waals surface area contributed by atoms with Crippen molar-refractivity contribution in [2.75, 3.05) is 39.3 Å². The van der Waals surface area contributed by atoms with Crippen molar-refractivity contribution >= 4 is 0 Å². The Balaban J connectivity index is 1.65. The minimum absolute atomic E-state index is 0.389. The fraction of sp³-hybridized carbons (Fsp3) is 1.00. The van der Waals surface area contributed by atoms with Gasteiger partial charge in [-0.1, -0.05) is 13.3 Å². The van der Waals surface area contributed by atoms with Crippen LogP contribution in [0.25, 0.3) is 0 Å². The molecule has 0 aliphatic carbocycles. The third kappa shape index (κ3) is 4.42. The quantitative estimate of drug-likeness (QED) is 0.742. The zero-order valence-electron chi connectivity index (χ0n) is 13.2. The Morgan fingerprint density at radius 2 is 1.95 bits per heavy atom. The van der Waals surface area contributed by atoms with Crippen molar-refractivity contribution < 1.29 is 5.11 Å². The lowest BCUT2D eigenvalue weighted by atomic mass is 9.95. The number of nitrogens with zero attached hydrogens (tertiary/aromatic N) is 2. The first-order chi connectivity index (χ1) is 9.67. The SMILES string of the molecule is CCC(O)(CN)CCCN1CCC(N2CCCCC2)C1. The summed E-state index contributed by atoms with van der Waals surface area (Å²) in [6.45, 7) is 8.60. The molecule has 2 fully saturated rings. The van der Waals surface area contributed by atoms with E-state index in [1.807, 2.05) is 6.92 Å². The van der Waals surface area contributed by atoms with E-state index in [0.29, 0.717) is 6.54 Å². The van der Waals surface area contributed by atoms with Crippen LogP contribution in [-0.4, -0.2) is 65.8 Å². The lowest BCUT2D eigenvalue weighted by Gasteiger charge is -2.32. The van der Waals surface area contributed by atoms with Crippen LogP contribution in [0.2, 0.25) is 0 Å². The fourth-order valence-electron chi connectivity index (χ4n) is 3.65. The minimum Gasteiger partial charge on any atom is -0.389 e. The van der Waals surface area contributed by atoms with Crippen molar-refractivity contribution in [2.45, 2.75) is 63.5 Å². The Morgan fingerprint density at radius 1 is 1.20 bits per heavy atom. The number of piperidine rings is 1. The highest BCUT2D eigenvalue weighted by Gasteiger charge is 2.29. The monoisotopic (exact) mass is 283 g/mol. The molecular formula is C16H33N3O. The summed E-state index contributed by atoms with van der Waals surface area (Å²) in [7, 11) is 0. The van der Waals surface area contributed by atoms with Gasteiger partial charge in [-0.25, -0.2) is 0 Å². The Hall–Kier alpha value is -0.160. The molecule has 4 nitrogen and oxygen atoms in total. The van der Waals surface area contributed by atoms with Crippen LogP contribution in [0.5, 0.6) is 0 Å². The van der Waals surface area contributed by atoms with Crippen LogP contribution in [0.4, 0.5) is 0 Å². The smallest absolute Gasteiger partial charge is 0.0767 e. The third-order valence-corrected chi connectivity index (χ3v) is 5.31. The lowest BCUT2D eigenvalue weighted by molar-refractivity contribution is 0.0320. The number of hydrogen-bond donors (Lipinski definition) is 2. The van der Waals surface area contributed by atoms with E-state index >= 15 is 0 Å². The van der Waals surface area contributed by atoms with E-state index in [-0.39, 0.29) is 0 Å². The zero-order chi connectivity index (χ0) is 14.4. The highest BCUT2D eigenvalue weighted by molar-refractivity contribution is 4.85.